The summed E-state index contributed by atoms with van der Waals surface area (Å²) in [5, 5.41) is 0.715. The second kappa shape index (κ2) is 6.24. The Balaban J connectivity index is 2.19. The fourth-order valence-electron chi connectivity index (χ4n) is 1.71. The smallest absolute Gasteiger partial charge is 0.0992 e. The number of rotatable bonds is 4. The van der Waals surface area contributed by atoms with E-state index < -0.39 is 0 Å². The molecule has 0 radical (unpaired) electrons. The average molecular weight is 322 g/mol. The normalized spacial score (nSPS) is 12.7. The van der Waals surface area contributed by atoms with Gasteiger partial charge in [0.15, 0.2) is 0 Å². The molecule has 0 aliphatic rings. The van der Waals surface area contributed by atoms with Gasteiger partial charge in [0.1, 0.15) is 0 Å². The fraction of sp³-hybridized carbons (Fsp3) is 0.167. The third-order valence-electron chi connectivity index (χ3n) is 2.61. The van der Waals surface area contributed by atoms with E-state index in [1.54, 1.807) is 0 Å². The maximum atomic E-state index is 6.13. The first-order valence-electron chi connectivity index (χ1n) is 5.25. The Kier molecular flexibility index (Phi) is 4.90. The van der Waals surface area contributed by atoms with Gasteiger partial charge in [0.25, 0.3) is 0 Å². The first-order chi connectivity index (χ1) is 8.60. The van der Waals surface area contributed by atoms with E-state index >= 15 is 0 Å². The Labute approximate surface area is 125 Å². The van der Waals surface area contributed by atoms with Crippen molar-refractivity contribution >= 4 is 46.1 Å². The van der Waals surface area contributed by atoms with Crippen LogP contribution < -0.4 is 11.3 Å². The molecule has 0 spiro atoms. The predicted octanol–water partition coefficient (Wildman–Crippen LogP) is 4.46. The Morgan fingerprint density at radius 2 is 1.83 bits per heavy atom. The van der Waals surface area contributed by atoms with Gasteiger partial charge in [0.05, 0.1) is 14.7 Å². The summed E-state index contributed by atoms with van der Waals surface area (Å²) in [6.45, 7) is 0. The van der Waals surface area contributed by atoms with E-state index in [4.69, 9.17) is 40.6 Å². The summed E-state index contributed by atoms with van der Waals surface area (Å²) in [4.78, 5) is 0. The largest absolute Gasteiger partial charge is 0.271 e. The molecule has 0 aliphatic carbocycles. The van der Waals surface area contributed by atoms with Gasteiger partial charge in [-0.25, -0.2) is 0 Å². The van der Waals surface area contributed by atoms with Crippen LogP contribution >= 0.6 is 46.1 Å². The van der Waals surface area contributed by atoms with Crippen LogP contribution in [0, 0.1) is 0 Å². The molecule has 2 aromatic rings. The summed E-state index contributed by atoms with van der Waals surface area (Å²) in [7, 11) is 0. The van der Waals surface area contributed by atoms with Crippen molar-refractivity contribution in [3.05, 3.63) is 55.2 Å². The van der Waals surface area contributed by atoms with Gasteiger partial charge in [-0.05, 0) is 30.2 Å². The van der Waals surface area contributed by atoms with Crippen LogP contribution in [-0.4, -0.2) is 0 Å². The summed E-state index contributed by atoms with van der Waals surface area (Å²) in [6, 6.07) is 9.42. The van der Waals surface area contributed by atoms with Crippen LogP contribution in [0.15, 0.2) is 30.3 Å². The van der Waals surface area contributed by atoms with Crippen molar-refractivity contribution in [2.24, 2.45) is 5.84 Å². The minimum absolute atomic E-state index is 0.0672. The Bertz CT molecular complexity index is 525. The lowest BCUT2D eigenvalue weighted by Gasteiger charge is -2.15. The van der Waals surface area contributed by atoms with Crippen molar-refractivity contribution in [2.75, 3.05) is 0 Å². The Morgan fingerprint density at radius 1 is 1.17 bits per heavy atom. The molecule has 2 nitrogen and oxygen atoms in total. The number of nitrogens with one attached hydrogen (secondary N) is 1. The van der Waals surface area contributed by atoms with Crippen molar-refractivity contribution in [3.8, 4) is 0 Å². The van der Waals surface area contributed by atoms with Gasteiger partial charge in [0, 0.05) is 10.6 Å². The van der Waals surface area contributed by atoms with Crippen molar-refractivity contribution in [2.45, 2.75) is 12.5 Å². The van der Waals surface area contributed by atoms with Crippen LogP contribution in [-0.2, 0) is 6.42 Å². The molecule has 2 rings (SSSR count). The van der Waals surface area contributed by atoms with Crippen LogP contribution in [0.2, 0.25) is 13.7 Å². The number of halogens is 3. The molecule has 0 saturated heterocycles. The lowest BCUT2D eigenvalue weighted by atomic mass is 10.0. The van der Waals surface area contributed by atoms with E-state index in [1.807, 2.05) is 30.3 Å². The summed E-state index contributed by atoms with van der Waals surface area (Å²) in [6.07, 6.45) is 0.723. The van der Waals surface area contributed by atoms with Crippen molar-refractivity contribution in [1.29, 1.82) is 0 Å². The third-order valence-corrected chi connectivity index (χ3v) is 4.38. The molecule has 1 aromatic heterocycles. The maximum absolute atomic E-state index is 6.13. The molecule has 0 amide bonds. The van der Waals surface area contributed by atoms with Gasteiger partial charge in [-0.3, -0.25) is 11.3 Å². The first-order valence-corrected chi connectivity index (χ1v) is 7.20. The van der Waals surface area contributed by atoms with Gasteiger partial charge in [-0.2, -0.15) is 0 Å². The SMILES string of the molecule is NNC(Cc1ccc(Cl)cc1)c1cc(Cl)sc1Cl. The van der Waals surface area contributed by atoms with E-state index in [2.05, 4.69) is 5.43 Å². The standard InChI is InChI=1S/C12H11Cl3N2S/c13-8-3-1-7(2-4-8)5-10(17-16)9-6-11(14)18-12(9)15/h1-4,6,10,17H,5,16H2. The van der Waals surface area contributed by atoms with Crippen LogP contribution in [0.5, 0.6) is 0 Å². The van der Waals surface area contributed by atoms with E-state index in [0.29, 0.717) is 13.7 Å². The molecule has 6 heteroatoms. The number of thiophene rings is 1. The zero-order chi connectivity index (χ0) is 13.1. The first kappa shape index (κ1) is 14.1. The van der Waals surface area contributed by atoms with Gasteiger partial charge in [-0.15, -0.1) is 11.3 Å². The van der Waals surface area contributed by atoms with Gasteiger partial charge >= 0.3 is 0 Å². The van der Waals surface area contributed by atoms with E-state index in [0.717, 1.165) is 17.5 Å². The molecule has 0 bridgehead atoms. The Hall–Kier alpha value is -0.290. The number of hydrazine groups is 1. The van der Waals surface area contributed by atoms with E-state index in [-0.39, 0.29) is 6.04 Å². The monoisotopic (exact) mass is 320 g/mol. The summed E-state index contributed by atoms with van der Waals surface area (Å²) in [5.74, 6) is 5.59. The van der Waals surface area contributed by atoms with Gasteiger partial charge < -0.3 is 0 Å². The molecule has 1 aromatic carbocycles. The maximum Gasteiger partial charge on any atom is 0.0992 e. The molecule has 0 fully saturated rings. The molecule has 96 valence electrons. The van der Waals surface area contributed by atoms with Crippen LogP contribution in [0.25, 0.3) is 0 Å². The van der Waals surface area contributed by atoms with E-state index in [1.165, 1.54) is 11.3 Å². The van der Waals surface area contributed by atoms with Crippen molar-refractivity contribution in [3.63, 3.8) is 0 Å². The zero-order valence-corrected chi connectivity index (χ0v) is 12.4. The minimum atomic E-state index is -0.0672. The zero-order valence-electron chi connectivity index (χ0n) is 9.29. The second-order valence-corrected chi connectivity index (χ2v) is 6.55. The highest BCUT2D eigenvalue weighted by Gasteiger charge is 2.16. The average Bonchev–Trinajstić information content (AvgIpc) is 2.68. The highest BCUT2D eigenvalue weighted by atomic mass is 35.5. The highest BCUT2D eigenvalue weighted by molar-refractivity contribution is 7.20. The van der Waals surface area contributed by atoms with Crippen molar-refractivity contribution in [1.82, 2.24) is 5.43 Å². The molecule has 0 aliphatic heterocycles. The summed E-state index contributed by atoms with van der Waals surface area (Å²) in [5.41, 5.74) is 4.81. The lowest BCUT2D eigenvalue weighted by Crippen LogP contribution is -2.29. The molecule has 1 heterocycles. The number of hydrogen-bond donors (Lipinski definition) is 2. The number of hydrogen-bond acceptors (Lipinski definition) is 3. The van der Waals surface area contributed by atoms with Crippen molar-refractivity contribution < 1.29 is 0 Å². The topological polar surface area (TPSA) is 38.0 Å². The summed E-state index contributed by atoms with van der Waals surface area (Å²) >= 11 is 19.3. The van der Waals surface area contributed by atoms with Crippen LogP contribution in [0.3, 0.4) is 0 Å². The molecule has 1 atom stereocenters. The fourth-order valence-corrected chi connectivity index (χ4v) is 3.41. The quantitative estimate of drug-likeness (QED) is 0.644. The van der Waals surface area contributed by atoms with Gasteiger partial charge in [0.2, 0.25) is 0 Å². The second-order valence-electron chi connectivity index (χ2n) is 3.83. The molecular formula is C12H11Cl3N2S. The van der Waals surface area contributed by atoms with Crippen LogP contribution in [0.4, 0.5) is 0 Å². The minimum Gasteiger partial charge on any atom is -0.271 e. The highest BCUT2D eigenvalue weighted by Crippen LogP contribution is 2.35. The predicted molar refractivity (Wildman–Crippen MR) is 79.6 cm³/mol. The lowest BCUT2D eigenvalue weighted by molar-refractivity contribution is 0.553. The molecule has 1 unspecified atom stereocenters. The summed E-state index contributed by atoms with van der Waals surface area (Å²) < 4.78 is 1.32. The van der Waals surface area contributed by atoms with Crippen LogP contribution in [0.1, 0.15) is 17.2 Å². The Morgan fingerprint density at radius 3 is 2.33 bits per heavy atom. The van der Waals surface area contributed by atoms with E-state index in [9.17, 15) is 0 Å². The number of benzene rings is 1. The molecule has 0 saturated carbocycles. The van der Waals surface area contributed by atoms with Gasteiger partial charge in [-0.1, -0.05) is 46.9 Å². The number of nitrogens with two attached hydrogens (primary N) is 1. The third kappa shape index (κ3) is 3.38. The molecule has 3 N–H and O–H groups in total. The molecule has 18 heavy (non-hydrogen) atoms. The molecular weight excluding hydrogens is 311 g/mol.